The van der Waals surface area contributed by atoms with Gasteiger partial charge in [-0.3, -0.25) is 19.3 Å². The number of thiazole rings is 1. The Morgan fingerprint density at radius 1 is 1.06 bits per heavy atom. The lowest BCUT2D eigenvalue weighted by molar-refractivity contribution is -0.141. The maximum Gasteiger partial charge on any atom is 0.233 e. The van der Waals surface area contributed by atoms with E-state index in [1.807, 2.05) is 23.1 Å². The van der Waals surface area contributed by atoms with Crippen LogP contribution in [0.25, 0.3) is 10.2 Å². The zero-order valence-corrected chi connectivity index (χ0v) is 19.0. The average molecular weight is 460 g/mol. The molecule has 2 aliphatic heterocycles. The Kier molecular flexibility index (Phi) is 5.73. The summed E-state index contributed by atoms with van der Waals surface area (Å²) in [5, 5.41) is 1.80. The molecule has 3 fully saturated rings. The SMILES string of the molecule is O=C(CCN1C(=O)C2CCCCC2C1=O)N1CCC(c2nc3cc(Cl)ccc3s2)CC1. The second-order valence-electron chi connectivity index (χ2n) is 8.89. The molecule has 2 saturated heterocycles. The van der Waals surface area contributed by atoms with Gasteiger partial charge in [0.1, 0.15) is 0 Å². The number of nitrogens with zero attached hydrogens (tertiary/aromatic N) is 3. The molecule has 1 aromatic carbocycles. The number of imide groups is 1. The quantitative estimate of drug-likeness (QED) is 0.642. The molecule has 3 amide bonds. The third-order valence-corrected chi connectivity index (χ3v) is 8.48. The van der Waals surface area contributed by atoms with Crippen molar-refractivity contribution in [2.24, 2.45) is 11.8 Å². The average Bonchev–Trinajstić information content (AvgIpc) is 3.31. The molecule has 5 rings (SSSR count). The van der Waals surface area contributed by atoms with Crippen LogP contribution in [0.4, 0.5) is 0 Å². The maximum absolute atomic E-state index is 12.8. The Labute approximate surface area is 190 Å². The first kappa shape index (κ1) is 20.9. The van der Waals surface area contributed by atoms with Crippen LogP contribution in [0.15, 0.2) is 18.2 Å². The van der Waals surface area contributed by atoms with Crippen LogP contribution in [0.5, 0.6) is 0 Å². The van der Waals surface area contributed by atoms with E-state index in [-0.39, 0.29) is 42.5 Å². The molecule has 3 heterocycles. The van der Waals surface area contributed by atoms with Gasteiger partial charge < -0.3 is 4.90 Å². The van der Waals surface area contributed by atoms with E-state index < -0.39 is 0 Å². The number of rotatable bonds is 4. The third kappa shape index (κ3) is 3.98. The number of fused-ring (bicyclic) bond motifs is 2. The van der Waals surface area contributed by atoms with Crippen molar-refractivity contribution in [2.75, 3.05) is 19.6 Å². The van der Waals surface area contributed by atoms with E-state index in [1.165, 1.54) is 4.90 Å². The van der Waals surface area contributed by atoms with E-state index in [1.54, 1.807) is 11.3 Å². The van der Waals surface area contributed by atoms with Crippen LogP contribution in [-0.2, 0) is 14.4 Å². The van der Waals surface area contributed by atoms with Crippen LogP contribution in [-0.4, -0.2) is 52.1 Å². The molecule has 1 aromatic heterocycles. The minimum absolute atomic E-state index is 0.0324. The van der Waals surface area contributed by atoms with Gasteiger partial charge >= 0.3 is 0 Å². The molecule has 1 saturated carbocycles. The monoisotopic (exact) mass is 459 g/mol. The van der Waals surface area contributed by atoms with Crippen LogP contribution in [0.3, 0.4) is 0 Å². The number of aromatic nitrogens is 1. The van der Waals surface area contributed by atoms with Gasteiger partial charge in [-0.05, 0) is 43.9 Å². The Hall–Kier alpha value is -1.99. The zero-order valence-electron chi connectivity index (χ0n) is 17.4. The Morgan fingerprint density at radius 3 is 2.42 bits per heavy atom. The number of halogens is 1. The predicted molar refractivity (Wildman–Crippen MR) is 120 cm³/mol. The summed E-state index contributed by atoms with van der Waals surface area (Å²) in [6, 6.07) is 5.79. The highest BCUT2D eigenvalue weighted by Crippen LogP contribution is 2.38. The summed E-state index contributed by atoms with van der Waals surface area (Å²) < 4.78 is 1.14. The van der Waals surface area contributed by atoms with E-state index in [9.17, 15) is 14.4 Å². The molecule has 6 nitrogen and oxygen atoms in total. The molecular formula is C23H26ClN3O3S. The lowest BCUT2D eigenvalue weighted by atomic mass is 9.81. The summed E-state index contributed by atoms with van der Waals surface area (Å²) in [7, 11) is 0. The highest BCUT2D eigenvalue weighted by molar-refractivity contribution is 7.18. The Bertz CT molecular complexity index is 1010. The van der Waals surface area contributed by atoms with Crippen molar-refractivity contribution in [2.45, 2.75) is 50.9 Å². The van der Waals surface area contributed by atoms with E-state index in [0.29, 0.717) is 24.0 Å². The van der Waals surface area contributed by atoms with Crippen LogP contribution in [0, 0.1) is 11.8 Å². The minimum atomic E-state index is -0.143. The van der Waals surface area contributed by atoms with Crippen LogP contribution >= 0.6 is 22.9 Å². The van der Waals surface area contributed by atoms with Gasteiger partial charge in [0, 0.05) is 37.0 Å². The van der Waals surface area contributed by atoms with E-state index >= 15 is 0 Å². The van der Waals surface area contributed by atoms with Crippen molar-refractivity contribution in [1.82, 2.24) is 14.8 Å². The fraction of sp³-hybridized carbons (Fsp3) is 0.565. The maximum atomic E-state index is 12.8. The van der Waals surface area contributed by atoms with Crippen molar-refractivity contribution in [1.29, 1.82) is 0 Å². The number of likely N-dealkylation sites (tertiary alicyclic amines) is 2. The summed E-state index contributed by atoms with van der Waals surface area (Å²) >= 11 is 7.78. The summed E-state index contributed by atoms with van der Waals surface area (Å²) in [4.78, 5) is 45.9. The van der Waals surface area contributed by atoms with Crippen molar-refractivity contribution < 1.29 is 14.4 Å². The van der Waals surface area contributed by atoms with E-state index in [4.69, 9.17) is 16.6 Å². The highest BCUT2D eigenvalue weighted by atomic mass is 35.5. The van der Waals surface area contributed by atoms with Crippen LogP contribution in [0.1, 0.15) is 55.9 Å². The second kappa shape index (κ2) is 8.51. The van der Waals surface area contributed by atoms with Gasteiger partial charge in [0.25, 0.3) is 0 Å². The fourth-order valence-electron chi connectivity index (χ4n) is 5.29. The lowest BCUT2D eigenvalue weighted by Crippen LogP contribution is -2.40. The number of hydrogen-bond donors (Lipinski definition) is 0. The van der Waals surface area contributed by atoms with E-state index in [2.05, 4.69) is 0 Å². The molecule has 2 atom stereocenters. The Morgan fingerprint density at radius 2 is 1.74 bits per heavy atom. The summed E-state index contributed by atoms with van der Waals surface area (Å²) in [6.45, 7) is 1.60. The summed E-state index contributed by atoms with van der Waals surface area (Å²) in [5.41, 5.74) is 0.937. The number of carbonyl (C=O) groups is 3. The normalized spacial score (nSPS) is 24.8. The standard InChI is InChI=1S/C23H26ClN3O3S/c24-15-5-6-19-18(13-15)25-21(31-19)14-7-10-26(11-8-14)20(28)9-12-27-22(29)16-3-1-2-4-17(16)23(27)30/h5-6,13-14,16-17H,1-4,7-12H2. The highest BCUT2D eigenvalue weighted by Gasteiger charge is 2.47. The molecule has 2 unspecified atom stereocenters. The number of piperidine rings is 1. The molecule has 31 heavy (non-hydrogen) atoms. The fourth-order valence-corrected chi connectivity index (χ4v) is 6.57. The lowest BCUT2D eigenvalue weighted by Gasteiger charge is -2.31. The van der Waals surface area contributed by atoms with Gasteiger partial charge in [-0.2, -0.15) is 0 Å². The van der Waals surface area contributed by atoms with Crippen molar-refractivity contribution >= 4 is 50.9 Å². The summed E-state index contributed by atoms with van der Waals surface area (Å²) in [5.74, 6) is -0.0176. The largest absolute Gasteiger partial charge is 0.343 e. The van der Waals surface area contributed by atoms with Gasteiger partial charge in [-0.1, -0.05) is 24.4 Å². The zero-order chi connectivity index (χ0) is 21.5. The first-order valence-corrected chi connectivity index (χ1v) is 12.4. The van der Waals surface area contributed by atoms with Gasteiger partial charge in [-0.25, -0.2) is 4.98 Å². The van der Waals surface area contributed by atoms with Gasteiger partial charge in [0.2, 0.25) is 17.7 Å². The molecular weight excluding hydrogens is 434 g/mol. The molecule has 2 aromatic rings. The number of amides is 3. The molecule has 8 heteroatoms. The van der Waals surface area contributed by atoms with Crippen molar-refractivity contribution in [3.63, 3.8) is 0 Å². The number of benzene rings is 1. The smallest absolute Gasteiger partial charge is 0.233 e. The second-order valence-corrected chi connectivity index (χ2v) is 10.4. The van der Waals surface area contributed by atoms with Crippen molar-refractivity contribution in [3.8, 4) is 0 Å². The van der Waals surface area contributed by atoms with Crippen LogP contribution < -0.4 is 0 Å². The molecule has 164 valence electrons. The number of carbonyl (C=O) groups excluding carboxylic acids is 3. The third-order valence-electron chi connectivity index (χ3n) is 7.04. The van der Waals surface area contributed by atoms with Gasteiger partial charge in [-0.15, -0.1) is 11.3 Å². The minimum Gasteiger partial charge on any atom is -0.343 e. The molecule has 0 bridgehead atoms. The molecule has 1 aliphatic carbocycles. The predicted octanol–water partition coefficient (Wildman–Crippen LogP) is 4.22. The molecule has 0 N–H and O–H groups in total. The first-order valence-electron chi connectivity index (χ1n) is 11.2. The Balaban J connectivity index is 1.15. The van der Waals surface area contributed by atoms with E-state index in [0.717, 1.165) is 53.7 Å². The topological polar surface area (TPSA) is 70.6 Å². The van der Waals surface area contributed by atoms with Gasteiger partial charge in [0.05, 0.1) is 27.1 Å². The molecule has 3 aliphatic rings. The summed E-state index contributed by atoms with van der Waals surface area (Å²) in [6.07, 6.45) is 5.64. The molecule has 0 radical (unpaired) electrons. The first-order chi connectivity index (χ1) is 15.0. The van der Waals surface area contributed by atoms with Gasteiger partial charge in [0.15, 0.2) is 0 Å². The molecule has 0 spiro atoms. The number of hydrogen-bond acceptors (Lipinski definition) is 5. The van der Waals surface area contributed by atoms with Crippen molar-refractivity contribution in [3.05, 3.63) is 28.2 Å². The van der Waals surface area contributed by atoms with Crippen LogP contribution in [0.2, 0.25) is 5.02 Å².